The quantitative estimate of drug-likeness (QED) is 0.461. The summed E-state index contributed by atoms with van der Waals surface area (Å²) < 4.78 is 23.3. The van der Waals surface area contributed by atoms with E-state index in [-0.39, 0.29) is 11.8 Å². The van der Waals surface area contributed by atoms with Crippen molar-refractivity contribution in [1.29, 1.82) is 0 Å². The molecule has 0 bridgehead atoms. The van der Waals surface area contributed by atoms with E-state index < -0.39 is 0 Å². The molecule has 0 aliphatic rings. The Bertz CT molecular complexity index is 896. The molecule has 0 atom stereocenters. The van der Waals surface area contributed by atoms with Crippen molar-refractivity contribution in [2.75, 3.05) is 13.7 Å². The van der Waals surface area contributed by atoms with Gasteiger partial charge in [0, 0.05) is 23.7 Å². The van der Waals surface area contributed by atoms with Crippen LogP contribution < -0.4 is 4.74 Å². The third-order valence-electron chi connectivity index (χ3n) is 3.93. The number of hydrogen-bond acceptors (Lipinski definition) is 5. The molecular formula is C21H19FN2O3. The summed E-state index contributed by atoms with van der Waals surface area (Å²) in [6.07, 6.45) is 2.61. The highest BCUT2D eigenvalue weighted by Gasteiger charge is 2.06. The number of ether oxygens (including phenoxy) is 2. The summed E-state index contributed by atoms with van der Waals surface area (Å²) >= 11 is 0. The molecule has 2 aromatic carbocycles. The molecule has 0 amide bonds. The minimum Gasteiger partial charge on any atom is -0.494 e. The van der Waals surface area contributed by atoms with Crippen LogP contribution in [-0.2, 0) is 9.53 Å². The number of halogens is 1. The first kappa shape index (κ1) is 18.5. The first-order valence-electron chi connectivity index (χ1n) is 8.55. The van der Waals surface area contributed by atoms with Crippen molar-refractivity contribution in [3.05, 3.63) is 66.6 Å². The molecule has 0 fully saturated rings. The van der Waals surface area contributed by atoms with Crippen LogP contribution in [0.4, 0.5) is 4.39 Å². The fourth-order valence-corrected chi connectivity index (χ4v) is 2.49. The van der Waals surface area contributed by atoms with Gasteiger partial charge in [0.1, 0.15) is 11.6 Å². The van der Waals surface area contributed by atoms with Crippen LogP contribution in [-0.4, -0.2) is 29.7 Å². The second-order valence-corrected chi connectivity index (χ2v) is 5.82. The van der Waals surface area contributed by atoms with Gasteiger partial charge in [-0.3, -0.25) is 4.79 Å². The summed E-state index contributed by atoms with van der Waals surface area (Å²) in [5, 5.41) is 0. The monoisotopic (exact) mass is 366 g/mol. The molecule has 27 heavy (non-hydrogen) atoms. The summed E-state index contributed by atoms with van der Waals surface area (Å²) in [4.78, 5) is 19.9. The number of aromatic nitrogens is 2. The molecule has 0 unspecified atom stereocenters. The molecule has 0 aliphatic carbocycles. The lowest BCUT2D eigenvalue weighted by Crippen LogP contribution is -2.04. The van der Waals surface area contributed by atoms with Crippen LogP contribution >= 0.6 is 0 Å². The molecule has 0 N–H and O–H groups in total. The fourth-order valence-electron chi connectivity index (χ4n) is 2.49. The van der Waals surface area contributed by atoms with Gasteiger partial charge < -0.3 is 9.47 Å². The molecule has 0 saturated heterocycles. The largest absolute Gasteiger partial charge is 0.494 e. The van der Waals surface area contributed by atoms with Gasteiger partial charge in [-0.25, -0.2) is 14.4 Å². The van der Waals surface area contributed by atoms with Gasteiger partial charge in [-0.2, -0.15) is 0 Å². The second kappa shape index (κ2) is 8.89. The second-order valence-electron chi connectivity index (χ2n) is 5.82. The van der Waals surface area contributed by atoms with Gasteiger partial charge in [0.15, 0.2) is 5.82 Å². The Morgan fingerprint density at radius 3 is 2.41 bits per heavy atom. The summed E-state index contributed by atoms with van der Waals surface area (Å²) in [7, 11) is 1.37. The number of methoxy groups -OCH3 is 1. The van der Waals surface area contributed by atoms with Gasteiger partial charge in [-0.05, 0) is 61.0 Å². The molecule has 5 nitrogen and oxygen atoms in total. The van der Waals surface area contributed by atoms with Crippen molar-refractivity contribution >= 4 is 5.97 Å². The number of rotatable bonds is 7. The summed E-state index contributed by atoms with van der Waals surface area (Å²) in [6.45, 7) is 0.436. The number of benzene rings is 2. The number of carbonyl (C=O) groups is 1. The number of esters is 1. The van der Waals surface area contributed by atoms with E-state index in [0.29, 0.717) is 31.0 Å². The molecule has 0 aliphatic heterocycles. The van der Waals surface area contributed by atoms with E-state index in [0.717, 1.165) is 16.8 Å². The zero-order chi connectivity index (χ0) is 19.1. The van der Waals surface area contributed by atoms with Gasteiger partial charge in [-0.15, -0.1) is 0 Å². The molecule has 0 radical (unpaired) electrons. The molecule has 0 spiro atoms. The Morgan fingerprint density at radius 2 is 1.70 bits per heavy atom. The predicted octanol–water partition coefficient (Wildman–Crippen LogP) is 4.28. The summed E-state index contributed by atoms with van der Waals surface area (Å²) in [5.74, 6) is 0.759. The van der Waals surface area contributed by atoms with Gasteiger partial charge in [-0.1, -0.05) is 0 Å². The molecule has 1 aromatic heterocycles. The highest BCUT2D eigenvalue weighted by atomic mass is 19.1. The smallest absolute Gasteiger partial charge is 0.305 e. The molecule has 6 heteroatoms. The molecular weight excluding hydrogens is 347 g/mol. The third-order valence-corrected chi connectivity index (χ3v) is 3.93. The Labute approximate surface area is 156 Å². The lowest BCUT2D eigenvalue weighted by atomic mass is 10.1. The number of hydrogen-bond donors (Lipinski definition) is 0. The standard InChI is InChI=1S/C21H19FN2O3/c1-26-20(25)3-2-14-27-18-10-6-16(7-11-18)21-23-13-12-19(24-21)15-4-8-17(22)9-5-15/h4-13H,2-3,14H2,1H3. The van der Waals surface area contributed by atoms with E-state index in [1.165, 1.54) is 19.2 Å². The van der Waals surface area contributed by atoms with Crippen LogP contribution in [0.25, 0.3) is 22.6 Å². The SMILES string of the molecule is COC(=O)CCCOc1ccc(-c2nccc(-c3ccc(F)cc3)n2)cc1. The first-order chi connectivity index (χ1) is 13.2. The van der Waals surface area contributed by atoms with Gasteiger partial charge in [0.05, 0.1) is 19.4 Å². The molecule has 3 aromatic rings. The Hall–Kier alpha value is -3.28. The molecule has 3 rings (SSSR count). The van der Waals surface area contributed by atoms with Crippen molar-refractivity contribution in [3.8, 4) is 28.4 Å². The van der Waals surface area contributed by atoms with Gasteiger partial charge in [0.25, 0.3) is 0 Å². The maximum Gasteiger partial charge on any atom is 0.305 e. The van der Waals surface area contributed by atoms with Crippen molar-refractivity contribution in [2.24, 2.45) is 0 Å². The van der Waals surface area contributed by atoms with Crippen molar-refractivity contribution in [3.63, 3.8) is 0 Å². The van der Waals surface area contributed by atoms with E-state index in [9.17, 15) is 9.18 Å². The van der Waals surface area contributed by atoms with Crippen LogP contribution in [0.2, 0.25) is 0 Å². The zero-order valence-electron chi connectivity index (χ0n) is 14.9. The summed E-state index contributed by atoms with van der Waals surface area (Å²) in [5.41, 5.74) is 2.40. The van der Waals surface area contributed by atoms with Gasteiger partial charge in [0.2, 0.25) is 0 Å². The number of nitrogens with zero attached hydrogens (tertiary/aromatic N) is 2. The van der Waals surface area contributed by atoms with Crippen LogP contribution in [0.5, 0.6) is 5.75 Å². The molecule has 1 heterocycles. The van der Waals surface area contributed by atoms with Crippen LogP contribution in [0.15, 0.2) is 60.8 Å². The van der Waals surface area contributed by atoms with E-state index in [1.54, 1.807) is 24.4 Å². The summed E-state index contributed by atoms with van der Waals surface area (Å²) in [6, 6.07) is 15.4. The van der Waals surface area contributed by atoms with E-state index in [2.05, 4.69) is 14.7 Å². The highest BCUT2D eigenvalue weighted by Crippen LogP contribution is 2.23. The predicted molar refractivity (Wildman–Crippen MR) is 99.6 cm³/mol. The lowest BCUT2D eigenvalue weighted by Gasteiger charge is -2.07. The van der Waals surface area contributed by atoms with Crippen LogP contribution in [0, 0.1) is 5.82 Å². The molecule has 138 valence electrons. The minimum absolute atomic E-state index is 0.243. The van der Waals surface area contributed by atoms with Crippen molar-refractivity contribution in [2.45, 2.75) is 12.8 Å². The zero-order valence-corrected chi connectivity index (χ0v) is 14.9. The van der Waals surface area contributed by atoms with Crippen LogP contribution in [0.3, 0.4) is 0 Å². The Kier molecular flexibility index (Phi) is 6.10. The Balaban J connectivity index is 1.65. The van der Waals surface area contributed by atoms with Crippen molar-refractivity contribution < 1.29 is 18.7 Å². The van der Waals surface area contributed by atoms with E-state index >= 15 is 0 Å². The number of carbonyl (C=O) groups excluding carboxylic acids is 1. The normalized spacial score (nSPS) is 10.4. The van der Waals surface area contributed by atoms with E-state index in [1.807, 2.05) is 24.3 Å². The lowest BCUT2D eigenvalue weighted by molar-refractivity contribution is -0.140. The minimum atomic E-state index is -0.282. The van der Waals surface area contributed by atoms with E-state index in [4.69, 9.17) is 4.74 Å². The first-order valence-corrected chi connectivity index (χ1v) is 8.55. The molecule has 0 saturated carbocycles. The average Bonchev–Trinajstić information content (AvgIpc) is 2.72. The highest BCUT2D eigenvalue weighted by molar-refractivity contribution is 5.69. The maximum atomic E-state index is 13.1. The van der Waals surface area contributed by atoms with Gasteiger partial charge >= 0.3 is 5.97 Å². The van der Waals surface area contributed by atoms with Crippen molar-refractivity contribution in [1.82, 2.24) is 9.97 Å². The fraction of sp³-hybridized carbons (Fsp3) is 0.190. The Morgan fingerprint density at radius 1 is 1.00 bits per heavy atom. The topological polar surface area (TPSA) is 61.3 Å². The third kappa shape index (κ3) is 5.10. The average molecular weight is 366 g/mol. The van der Waals surface area contributed by atoms with Crippen LogP contribution in [0.1, 0.15) is 12.8 Å². The maximum absolute atomic E-state index is 13.1.